The van der Waals surface area contributed by atoms with E-state index in [4.69, 9.17) is 4.74 Å². The van der Waals surface area contributed by atoms with Crippen LogP contribution in [0.2, 0.25) is 0 Å². The van der Waals surface area contributed by atoms with Crippen LogP contribution in [0.1, 0.15) is 12.8 Å². The van der Waals surface area contributed by atoms with E-state index in [1.165, 1.54) is 18.5 Å². The Morgan fingerprint density at radius 2 is 2.11 bits per heavy atom. The first-order valence-electron chi connectivity index (χ1n) is 6.55. The van der Waals surface area contributed by atoms with Crippen LogP contribution in [-0.4, -0.2) is 29.7 Å². The van der Waals surface area contributed by atoms with E-state index in [0.29, 0.717) is 11.4 Å². The first-order chi connectivity index (χ1) is 9.33. The lowest BCUT2D eigenvalue weighted by atomic mass is 10.0. The second-order valence-electron chi connectivity index (χ2n) is 4.82. The molecule has 3 rings (SSSR count). The maximum Gasteiger partial charge on any atom is 0.137 e. The van der Waals surface area contributed by atoms with Gasteiger partial charge in [0.1, 0.15) is 18.0 Å². The highest BCUT2D eigenvalue weighted by molar-refractivity contribution is 5.88. The number of halogens is 1. The summed E-state index contributed by atoms with van der Waals surface area (Å²) in [6.07, 6.45) is 3.61. The number of ether oxygens (including phenoxy) is 1. The van der Waals surface area contributed by atoms with Gasteiger partial charge in [-0.25, -0.2) is 14.4 Å². The highest BCUT2D eigenvalue weighted by Gasteiger charge is 2.14. The Hall–Kier alpha value is -1.75. The molecule has 1 fully saturated rings. The second kappa shape index (κ2) is 5.48. The average molecular weight is 261 g/mol. The summed E-state index contributed by atoms with van der Waals surface area (Å²) in [6.45, 7) is 2.54. The van der Waals surface area contributed by atoms with Crippen LogP contribution in [0.25, 0.3) is 10.9 Å². The molecule has 1 saturated heterocycles. The standard InChI is InChI=1S/C14H16FN3O/c15-11-1-2-12-13(7-11)17-9-18-14(12)16-8-10-3-5-19-6-4-10/h1-2,7,9-10H,3-6,8H2,(H,16,17,18). The molecule has 0 saturated carbocycles. The van der Waals surface area contributed by atoms with Crippen molar-refractivity contribution in [2.24, 2.45) is 5.92 Å². The Balaban J connectivity index is 1.76. The quantitative estimate of drug-likeness (QED) is 0.922. The molecule has 2 aromatic rings. The van der Waals surface area contributed by atoms with Crippen molar-refractivity contribution in [3.05, 3.63) is 30.3 Å². The lowest BCUT2D eigenvalue weighted by Crippen LogP contribution is -2.23. The zero-order valence-corrected chi connectivity index (χ0v) is 10.6. The number of anilines is 1. The zero-order chi connectivity index (χ0) is 13.1. The lowest BCUT2D eigenvalue weighted by Gasteiger charge is -2.22. The van der Waals surface area contributed by atoms with Crippen molar-refractivity contribution < 1.29 is 9.13 Å². The van der Waals surface area contributed by atoms with Crippen molar-refractivity contribution in [3.8, 4) is 0 Å². The van der Waals surface area contributed by atoms with Gasteiger partial charge < -0.3 is 10.1 Å². The van der Waals surface area contributed by atoms with Gasteiger partial charge in [-0.3, -0.25) is 0 Å². The largest absolute Gasteiger partial charge is 0.381 e. The van der Waals surface area contributed by atoms with Gasteiger partial charge in [-0.1, -0.05) is 0 Å². The third kappa shape index (κ3) is 2.81. The number of hydrogen-bond donors (Lipinski definition) is 1. The Labute approximate surface area is 111 Å². The van der Waals surface area contributed by atoms with Crippen LogP contribution in [0.4, 0.5) is 10.2 Å². The fourth-order valence-corrected chi connectivity index (χ4v) is 2.36. The number of hydrogen-bond acceptors (Lipinski definition) is 4. The zero-order valence-electron chi connectivity index (χ0n) is 10.6. The molecule has 19 heavy (non-hydrogen) atoms. The van der Waals surface area contributed by atoms with Gasteiger partial charge in [-0.05, 0) is 30.9 Å². The van der Waals surface area contributed by atoms with Crippen LogP contribution < -0.4 is 5.32 Å². The molecule has 1 aliphatic heterocycles. The highest BCUT2D eigenvalue weighted by atomic mass is 19.1. The van der Waals surface area contributed by atoms with Crippen molar-refractivity contribution in [1.82, 2.24) is 9.97 Å². The van der Waals surface area contributed by atoms with E-state index in [1.807, 2.05) is 0 Å². The summed E-state index contributed by atoms with van der Waals surface area (Å²) < 4.78 is 18.5. The summed E-state index contributed by atoms with van der Waals surface area (Å²) in [7, 11) is 0. The van der Waals surface area contributed by atoms with Crippen LogP contribution in [-0.2, 0) is 4.74 Å². The van der Waals surface area contributed by atoms with Crippen molar-refractivity contribution in [1.29, 1.82) is 0 Å². The summed E-state index contributed by atoms with van der Waals surface area (Å²) in [5, 5.41) is 4.21. The third-order valence-electron chi connectivity index (χ3n) is 3.50. The number of aromatic nitrogens is 2. The van der Waals surface area contributed by atoms with Gasteiger partial charge >= 0.3 is 0 Å². The van der Waals surface area contributed by atoms with E-state index >= 15 is 0 Å². The van der Waals surface area contributed by atoms with Crippen molar-refractivity contribution >= 4 is 16.7 Å². The predicted octanol–water partition coefficient (Wildman–Crippen LogP) is 2.61. The first kappa shape index (κ1) is 12.3. The van der Waals surface area contributed by atoms with E-state index < -0.39 is 0 Å². The molecule has 0 atom stereocenters. The van der Waals surface area contributed by atoms with Crippen LogP contribution in [0.5, 0.6) is 0 Å². The van der Waals surface area contributed by atoms with Crippen molar-refractivity contribution in [3.63, 3.8) is 0 Å². The van der Waals surface area contributed by atoms with Gasteiger partial charge in [-0.15, -0.1) is 0 Å². The van der Waals surface area contributed by atoms with Gasteiger partial charge in [0, 0.05) is 31.2 Å². The molecule has 0 aliphatic carbocycles. The summed E-state index contributed by atoms with van der Waals surface area (Å²) in [4.78, 5) is 8.33. The molecular weight excluding hydrogens is 245 g/mol. The fraction of sp³-hybridized carbons (Fsp3) is 0.429. The molecule has 0 spiro atoms. The van der Waals surface area contributed by atoms with E-state index in [0.717, 1.165) is 43.8 Å². The summed E-state index contributed by atoms with van der Waals surface area (Å²) in [5.41, 5.74) is 0.629. The molecule has 5 heteroatoms. The van der Waals surface area contributed by atoms with E-state index in [2.05, 4.69) is 15.3 Å². The number of nitrogens with one attached hydrogen (secondary N) is 1. The maximum atomic E-state index is 13.2. The predicted molar refractivity (Wildman–Crippen MR) is 71.5 cm³/mol. The number of fused-ring (bicyclic) bond motifs is 1. The van der Waals surface area contributed by atoms with Gasteiger partial charge in [-0.2, -0.15) is 0 Å². The maximum absolute atomic E-state index is 13.2. The molecule has 1 N–H and O–H groups in total. The van der Waals surface area contributed by atoms with Crippen molar-refractivity contribution in [2.45, 2.75) is 12.8 Å². The minimum absolute atomic E-state index is 0.276. The second-order valence-corrected chi connectivity index (χ2v) is 4.82. The Kier molecular flexibility index (Phi) is 3.55. The van der Waals surface area contributed by atoms with E-state index in [-0.39, 0.29) is 5.82 Å². The smallest absolute Gasteiger partial charge is 0.137 e. The molecule has 2 heterocycles. The first-order valence-corrected chi connectivity index (χ1v) is 6.55. The van der Waals surface area contributed by atoms with Crippen LogP contribution in [0, 0.1) is 11.7 Å². The number of benzene rings is 1. The Morgan fingerprint density at radius 1 is 1.26 bits per heavy atom. The van der Waals surface area contributed by atoms with Crippen LogP contribution in [0.15, 0.2) is 24.5 Å². The number of nitrogens with zero attached hydrogens (tertiary/aromatic N) is 2. The van der Waals surface area contributed by atoms with Crippen LogP contribution >= 0.6 is 0 Å². The Bertz CT molecular complexity index is 570. The van der Waals surface area contributed by atoms with Gasteiger partial charge in [0.2, 0.25) is 0 Å². The molecule has 1 aromatic heterocycles. The third-order valence-corrected chi connectivity index (χ3v) is 3.50. The summed E-state index contributed by atoms with van der Waals surface area (Å²) >= 11 is 0. The topological polar surface area (TPSA) is 47.0 Å². The van der Waals surface area contributed by atoms with Crippen LogP contribution in [0.3, 0.4) is 0 Å². The molecule has 1 aliphatic rings. The molecule has 100 valence electrons. The average Bonchev–Trinajstić information content (AvgIpc) is 2.45. The van der Waals surface area contributed by atoms with Gasteiger partial charge in [0.25, 0.3) is 0 Å². The van der Waals surface area contributed by atoms with Gasteiger partial charge in [0.05, 0.1) is 5.52 Å². The summed E-state index contributed by atoms with van der Waals surface area (Å²) in [5.74, 6) is 1.11. The molecule has 0 bridgehead atoms. The van der Waals surface area contributed by atoms with E-state index in [9.17, 15) is 4.39 Å². The molecule has 0 amide bonds. The summed E-state index contributed by atoms with van der Waals surface area (Å²) in [6, 6.07) is 4.58. The SMILES string of the molecule is Fc1ccc2c(NCC3CCOCC3)ncnc2c1. The molecule has 4 nitrogen and oxygen atoms in total. The highest BCUT2D eigenvalue weighted by Crippen LogP contribution is 2.21. The molecule has 1 aromatic carbocycles. The monoisotopic (exact) mass is 261 g/mol. The molecule has 0 unspecified atom stereocenters. The van der Waals surface area contributed by atoms with E-state index in [1.54, 1.807) is 6.07 Å². The normalized spacial score (nSPS) is 16.7. The molecule has 0 radical (unpaired) electrons. The van der Waals surface area contributed by atoms with Gasteiger partial charge in [0.15, 0.2) is 0 Å². The fourth-order valence-electron chi connectivity index (χ4n) is 2.36. The minimum Gasteiger partial charge on any atom is -0.381 e. The number of rotatable bonds is 3. The lowest BCUT2D eigenvalue weighted by molar-refractivity contribution is 0.0699. The molecular formula is C14H16FN3O. The minimum atomic E-state index is -0.276. The Morgan fingerprint density at radius 3 is 2.95 bits per heavy atom. The van der Waals surface area contributed by atoms with Crippen molar-refractivity contribution in [2.75, 3.05) is 25.1 Å².